The highest BCUT2D eigenvalue weighted by atomic mass is 127. The Morgan fingerprint density at radius 2 is 2.04 bits per heavy atom. The van der Waals surface area contributed by atoms with Crippen LogP contribution < -0.4 is 11.1 Å². The van der Waals surface area contributed by atoms with Crippen molar-refractivity contribution in [1.29, 1.82) is 0 Å². The van der Waals surface area contributed by atoms with E-state index in [2.05, 4.69) is 10.3 Å². The summed E-state index contributed by atoms with van der Waals surface area (Å²) in [5, 5.41) is 2.71. The van der Waals surface area contributed by atoms with Gasteiger partial charge in [-0.2, -0.15) is 0 Å². The Balaban J connectivity index is 0.00000225. The van der Waals surface area contributed by atoms with Crippen LogP contribution in [-0.2, 0) is 11.3 Å². The van der Waals surface area contributed by atoms with Crippen molar-refractivity contribution < 1.29 is 9.59 Å². The second-order valence-corrected chi connectivity index (χ2v) is 6.29. The molecule has 0 radical (unpaired) electrons. The van der Waals surface area contributed by atoms with Gasteiger partial charge in [0.15, 0.2) is 5.96 Å². The van der Waals surface area contributed by atoms with Crippen LogP contribution in [0.2, 0.25) is 0 Å². The highest BCUT2D eigenvalue weighted by Crippen LogP contribution is 2.24. The Morgan fingerprint density at radius 1 is 1.36 bits per heavy atom. The summed E-state index contributed by atoms with van der Waals surface area (Å²) in [6.45, 7) is 1.66. The summed E-state index contributed by atoms with van der Waals surface area (Å²) in [5.41, 5.74) is 7.55. The molecule has 2 aliphatic rings. The third kappa shape index (κ3) is 5.07. The Bertz CT molecular complexity index is 658. The van der Waals surface area contributed by atoms with Crippen LogP contribution in [0.5, 0.6) is 0 Å². The SMILES string of the molecule is CN(C(N)=NCc1ccc(C(=O)N2CCNC(=O)C2)cc1)C1CC1.I. The van der Waals surface area contributed by atoms with Crippen LogP contribution in [0.1, 0.15) is 28.8 Å². The van der Waals surface area contributed by atoms with Gasteiger partial charge >= 0.3 is 0 Å². The van der Waals surface area contributed by atoms with E-state index in [1.54, 1.807) is 17.0 Å². The third-order valence-electron chi connectivity index (χ3n) is 4.41. The zero-order valence-electron chi connectivity index (χ0n) is 14.3. The van der Waals surface area contributed by atoms with Crippen LogP contribution in [0.15, 0.2) is 29.3 Å². The quantitative estimate of drug-likeness (QED) is 0.398. The van der Waals surface area contributed by atoms with Crippen LogP contribution in [0.4, 0.5) is 0 Å². The van der Waals surface area contributed by atoms with Gasteiger partial charge in [0.25, 0.3) is 5.91 Å². The number of hydrogen-bond donors (Lipinski definition) is 2. The van der Waals surface area contributed by atoms with E-state index < -0.39 is 0 Å². The molecule has 0 spiro atoms. The minimum atomic E-state index is -0.118. The van der Waals surface area contributed by atoms with Gasteiger partial charge in [-0.1, -0.05) is 12.1 Å². The van der Waals surface area contributed by atoms with E-state index in [0.717, 1.165) is 5.56 Å². The molecule has 0 atom stereocenters. The summed E-state index contributed by atoms with van der Waals surface area (Å²) in [7, 11) is 1.97. The van der Waals surface area contributed by atoms with Crippen LogP contribution in [0.25, 0.3) is 0 Å². The average molecular weight is 457 g/mol. The first-order chi connectivity index (χ1) is 11.5. The molecule has 1 saturated heterocycles. The predicted molar refractivity (Wildman–Crippen MR) is 107 cm³/mol. The standard InChI is InChI=1S/C17H23N5O2.HI/c1-21(14-6-7-14)17(18)20-10-12-2-4-13(5-3-12)16(24)22-9-8-19-15(23)11-22;/h2-5,14H,6-11H2,1H3,(H2,18,20)(H,19,23);1H. The summed E-state index contributed by atoms with van der Waals surface area (Å²) in [6.07, 6.45) is 2.36. The minimum Gasteiger partial charge on any atom is -0.370 e. The summed E-state index contributed by atoms with van der Waals surface area (Å²) in [6, 6.07) is 7.85. The van der Waals surface area contributed by atoms with E-state index in [-0.39, 0.29) is 42.3 Å². The average Bonchev–Trinajstić information content (AvgIpc) is 3.44. The normalized spacial score (nSPS) is 17.6. The Labute approximate surface area is 164 Å². The highest BCUT2D eigenvalue weighted by molar-refractivity contribution is 14.0. The molecule has 1 aliphatic carbocycles. The molecule has 8 heteroatoms. The predicted octanol–water partition coefficient (Wildman–Crippen LogP) is 0.785. The fourth-order valence-electron chi connectivity index (χ4n) is 2.68. The number of carbonyl (C=O) groups excluding carboxylic acids is 2. The van der Waals surface area contributed by atoms with Gasteiger partial charge in [-0.15, -0.1) is 24.0 Å². The van der Waals surface area contributed by atoms with Gasteiger partial charge in [0.2, 0.25) is 5.91 Å². The molecule has 2 fully saturated rings. The van der Waals surface area contributed by atoms with Crippen LogP contribution in [-0.4, -0.2) is 60.3 Å². The molecule has 1 aromatic carbocycles. The lowest BCUT2D eigenvalue weighted by Crippen LogP contribution is -2.49. The molecule has 1 aliphatic heterocycles. The van der Waals surface area contributed by atoms with Crippen molar-refractivity contribution in [3.8, 4) is 0 Å². The number of amides is 2. The summed E-state index contributed by atoms with van der Waals surface area (Å²) in [4.78, 5) is 31.7. The number of piperazine rings is 1. The molecule has 7 nitrogen and oxygen atoms in total. The number of hydrogen-bond acceptors (Lipinski definition) is 3. The number of aliphatic imine (C=N–C) groups is 1. The van der Waals surface area contributed by atoms with Crippen LogP contribution in [0.3, 0.4) is 0 Å². The maximum atomic E-state index is 12.4. The fraction of sp³-hybridized carbons (Fsp3) is 0.471. The van der Waals surface area contributed by atoms with Crippen molar-refractivity contribution in [3.05, 3.63) is 35.4 Å². The molecule has 136 valence electrons. The zero-order chi connectivity index (χ0) is 17.1. The number of nitrogens with zero attached hydrogens (tertiary/aromatic N) is 3. The third-order valence-corrected chi connectivity index (χ3v) is 4.41. The van der Waals surface area contributed by atoms with E-state index in [1.807, 2.05) is 24.1 Å². The van der Waals surface area contributed by atoms with Crippen LogP contribution >= 0.6 is 24.0 Å². The Hall–Kier alpha value is -1.84. The molecule has 25 heavy (non-hydrogen) atoms. The van der Waals surface area contributed by atoms with Gasteiger partial charge in [0, 0.05) is 31.7 Å². The molecule has 0 unspecified atom stereocenters. The Kier molecular flexibility index (Phi) is 6.63. The molecule has 3 N–H and O–H groups in total. The number of benzene rings is 1. The lowest BCUT2D eigenvalue weighted by atomic mass is 10.1. The second-order valence-electron chi connectivity index (χ2n) is 6.29. The summed E-state index contributed by atoms with van der Waals surface area (Å²) in [5.74, 6) is 0.320. The van der Waals surface area contributed by atoms with E-state index in [4.69, 9.17) is 5.73 Å². The zero-order valence-corrected chi connectivity index (χ0v) is 16.6. The monoisotopic (exact) mass is 457 g/mol. The van der Waals surface area contributed by atoms with Gasteiger partial charge in [-0.3, -0.25) is 9.59 Å². The van der Waals surface area contributed by atoms with E-state index in [9.17, 15) is 9.59 Å². The smallest absolute Gasteiger partial charge is 0.254 e. The Morgan fingerprint density at radius 3 is 2.64 bits per heavy atom. The first-order valence-electron chi connectivity index (χ1n) is 8.22. The first kappa shape index (κ1) is 19.5. The maximum absolute atomic E-state index is 12.4. The molecule has 3 rings (SSSR count). The summed E-state index contributed by atoms with van der Waals surface area (Å²) >= 11 is 0. The molecule has 1 heterocycles. The van der Waals surface area contributed by atoms with Crippen molar-refractivity contribution in [2.75, 3.05) is 26.7 Å². The van der Waals surface area contributed by atoms with Crippen molar-refractivity contribution in [3.63, 3.8) is 0 Å². The van der Waals surface area contributed by atoms with Crippen molar-refractivity contribution in [2.45, 2.75) is 25.4 Å². The number of guanidine groups is 1. The largest absolute Gasteiger partial charge is 0.370 e. The molecular formula is C17H24IN5O2. The topological polar surface area (TPSA) is 91.0 Å². The van der Waals surface area contributed by atoms with Crippen molar-refractivity contribution >= 4 is 41.8 Å². The lowest BCUT2D eigenvalue weighted by Gasteiger charge is -2.26. The molecule has 0 bridgehead atoms. The lowest BCUT2D eigenvalue weighted by molar-refractivity contribution is -0.123. The molecule has 2 amide bonds. The van der Waals surface area contributed by atoms with Gasteiger partial charge in [-0.25, -0.2) is 4.99 Å². The minimum absolute atomic E-state index is 0. The van der Waals surface area contributed by atoms with E-state index >= 15 is 0 Å². The highest BCUT2D eigenvalue weighted by Gasteiger charge is 2.27. The van der Waals surface area contributed by atoms with E-state index in [0.29, 0.717) is 37.2 Å². The van der Waals surface area contributed by atoms with Gasteiger partial charge in [0.1, 0.15) is 0 Å². The fourth-order valence-corrected chi connectivity index (χ4v) is 2.68. The van der Waals surface area contributed by atoms with Crippen molar-refractivity contribution in [1.82, 2.24) is 15.1 Å². The van der Waals surface area contributed by atoms with Gasteiger partial charge in [0.05, 0.1) is 13.1 Å². The number of nitrogens with two attached hydrogens (primary N) is 1. The molecule has 1 saturated carbocycles. The second kappa shape index (κ2) is 8.50. The number of nitrogens with one attached hydrogen (secondary N) is 1. The van der Waals surface area contributed by atoms with Gasteiger partial charge < -0.3 is 20.9 Å². The molecule has 0 aromatic heterocycles. The molecular weight excluding hydrogens is 433 g/mol. The van der Waals surface area contributed by atoms with Crippen LogP contribution in [0, 0.1) is 0 Å². The maximum Gasteiger partial charge on any atom is 0.254 e. The number of rotatable bonds is 4. The van der Waals surface area contributed by atoms with Crippen molar-refractivity contribution in [2.24, 2.45) is 10.7 Å². The summed E-state index contributed by atoms with van der Waals surface area (Å²) < 4.78 is 0. The number of halogens is 1. The molecule has 1 aromatic rings. The number of carbonyl (C=O) groups is 2. The van der Waals surface area contributed by atoms with Gasteiger partial charge in [-0.05, 0) is 30.5 Å². The first-order valence-corrected chi connectivity index (χ1v) is 8.22. The van der Waals surface area contributed by atoms with E-state index in [1.165, 1.54) is 12.8 Å².